The van der Waals surface area contributed by atoms with Crippen molar-refractivity contribution in [2.24, 2.45) is 0 Å². The van der Waals surface area contributed by atoms with Gasteiger partial charge in [0, 0.05) is 29.3 Å². The second kappa shape index (κ2) is 7.39. The summed E-state index contributed by atoms with van der Waals surface area (Å²) in [7, 11) is 0. The molecule has 0 atom stereocenters. The van der Waals surface area contributed by atoms with Crippen molar-refractivity contribution in [1.82, 2.24) is 14.0 Å². The molecule has 6 heteroatoms. The molecule has 0 radical (unpaired) electrons. The predicted molar refractivity (Wildman–Crippen MR) is 111 cm³/mol. The normalized spacial score (nSPS) is 11.0. The number of benzene rings is 1. The van der Waals surface area contributed by atoms with E-state index in [1.54, 1.807) is 12.3 Å². The third-order valence-electron chi connectivity index (χ3n) is 4.88. The zero-order valence-corrected chi connectivity index (χ0v) is 16.5. The number of pyridine rings is 1. The van der Waals surface area contributed by atoms with Gasteiger partial charge in [0.15, 0.2) is 0 Å². The molecule has 4 rings (SSSR count). The minimum Gasteiger partial charge on any atom is -0.456 e. The first kappa shape index (κ1) is 18.7. The quantitative estimate of drug-likeness (QED) is 0.500. The molecule has 0 N–H and O–H groups in total. The summed E-state index contributed by atoms with van der Waals surface area (Å²) in [6.45, 7) is 5.69. The van der Waals surface area contributed by atoms with Gasteiger partial charge in [-0.1, -0.05) is 24.3 Å². The van der Waals surface area contributed by atoms with Gasteiger partial charge in [-0.25, -0.2) is 9.78 Å². The van der Waals surface area contributed by atoms with E-state index < -0.39 is 5.97 Å². The van der Waals surface area contributed by atoms with Crippen LogP contribution in [0.4, 0.5) is 0 Å². The maximum Gasteiger partial charge on any atom is 0.340 e. The lowest BCUT2D eigenvalue weighted by atomic mass is 10.2. The fraction of sp³-hybridized carbons (Fsp3) is 0.174. The molecule has 0 saturated carbocycles. The van der Waals surface area contributed by atoms with Crippen molar-refractivity contribution in [2.45, 2.75) is 27.4 Å². The summed E-state index contributed by atoms with van der Waals surface area (Å²) in [5, 5.41) is 0. The minimum absolute atomic E-state index is 0.0620. The molecule has 0 bridgehead atoms. The number of hydrogen-bond acceptors (Lipinski definition) is 4. The van der Waals surface area contributed by atoms with Crippen molar-refractivity contribution >= 4 is 11.6 Å². The molecule has 3 heterocycles. The Morgan fingerprint density at radius 3 is 2.55 bits per heavy atom. The van der Waals surface area contributed by atoms with Gasteiger partial charge in [-0.2, -0.15) is 0 Å². The zero-order valence-electron chi connectivity index (χ0n) is 16.5. The SMILES string of the molecule is Cc1ccc2nc(COC(=O)c3cc(C)n(-c4ccccc4)c3C)cc(=O)n2c1. The summed E-state index contributed by atoms with van der Waals surface area (Å²) in [6, 6.07) is 16.7. The topological polar surface area (TPSA) is 65.6 Å². The first-order chi connectivity index (χ1) is 13.9. The maximum absolute atomic E-state index is 12.7. The number of ether oxygens (including phenoxy) is 1. The predicted octanol–water partition coefficient (Wildman–Crippen LogP) is 3.77. The number of carbonyl (C=O) groups is 1. The van der Waals surface area contributed by atoms with Gasteiger partial charge in [0.05, 0.1) is 11.3 Å². The first-order valence-corrected chi connectivity index (χ1v) is 9.34. The van der Waals surface area contributed by atoms with E-state index in [9.17, 15) is 9.59 Å². The number of esters is 1. The van der Waals surface area contributed by atoms with Crippen molar-refractivity contribution in [3.8, 4) is 5.69 Å². The molecule has 4 aromatic rings. The van der Waals surface area contributed by atoms with Gasteiger partial charge in [-0.15, -0.1) is 0 Å². The summed E-state index contributed by atoms with van der Waals surface area (Å²) in [6.07, 6.45) is 1.74. The third kappa shape index (κ3) is 3.57. The molecule has 0 spiro atoms. The van der Waals surface area contributed by atoms with Crippen LogP contribution in [-0.4, -0.2) is 19.9 Å². The number of hydrogen-bond donors (Lipinski definition) is 0. The Balaban J connectivity index is 1.57. The maximum atomic E-state index is 12.7. The van der Waals surface area contributed by atoms with Crippen LogP contribution in [-0.2, 0) is 11.3 Å². The average molecular weight is 387 g/mol. The van der Waals surface area contributed by atoms with Crippen LogP contribution in [0.25, 0.3) is 11.3 Å². The smallest absolute Gasteiger partial charge is 0.340 e. The molecular formula is C23H21N3O3. The summed E-state index contributed by atoms with van der Waals surface area (Å²) < 4.78 is 8.96. The Morgan fingerprint density at radius 2 is 1.79 bits per heavy atom. The molecular weight excluding hydrogens is 366 g/mol. The molecule has 29 heavy (non-hydrogen) atoms. The van der Waals surface area contributed by atoms with Crippen molar-refractivity contribution in [2.75, 3.05) is 0 Å². The molecule has 0 amide bonds. The lowest BCUT2D eigenvalue weighted by Gasteiger charge is -2.10. The Labute approximate surface area is 168 Å². The number of aromatic nitrogens is 3. The second-order valence-electron chi connectivity index (χ2n) is 7.05. The van der Waals surface area contributed by atoms with Crippen LogP contribution in [0.15, 0.2) is 65.6 Å². The molecule has 6 nitrogen and oxygen atoms in total. The van der Waals surface area contributed by atoms with E-state index in [2.05, 4.69) is 4.98 Å². The van der Waals surface area contributed by atoms with E-state index in [0.29, 0.717) is 16.9 Å². The van der Waals surface area contributed by atoms with Crippen LogP contribution in [0.1, 0.15) is 33.0 Å². The highest BCUT2D eigenvalue weighted by molar-refractivity contribution is 5.91. The molecule has 3 aromatic heterocycles. The highest BCUT2D eigenvalue weighted by atomic mass is 16.5. The Morgan fingerprint density at radius 1 is 1.03 bits per heavy atom. The van der Waals surface area contributed by atoms with Gasteiger partial charge in [0.1, 0.15) is 12.3 Å². The van der Waals surface area contributed by atoms with Gasteiger partial charge in [-0.3, -0.25) is 9.20 Å². The monoisotopic (exact) mass is 387 g/mol. The van der Waals surface area contributed by atoms with Crippen LogP contribution in [0.2, 0.25) is 0 Å². The van der Waals surface area contributed by atoms with Gasteiger partial charge in [0.2, 0.25) is 0 Å². The van der Waals surface area contributed by atoms with Crippen LogP contribution < -0.4 is 5.56 Å². The molecule has 0 aliphatic heterocycles. The fourth-order valence-corrected chi connectivity index (χ4v) is 3.49. The van der Waals surface area contributed by atoms with Crippen LogP contribution in [0.5, 0.6) is 0 Å². The molecule has 0 fully saturated rings. The van der Waals surface area contributed by atoms with Crippen molar-refractivity contribution in [3.05, 3.63) is 99.4 Å². The van der Waals surface area contributed by atoms with E-state index in [4.69, 9.17) is 4.74 Å². The van der Waals surface area contributed by atoms with Crippen LogP contribution in [0.3, 0.4) is 0 Å². The summed E-state index contributed by atoms with van der Waals surface area (Å²) in [5.41, 5.74) is 4.95. The van der Waals surface area contributed by atoms with Gasteiger partial charge >= 0.3 is 5.97 Å². The van der Waals surface area contributed by atoms with E-state index in [1.807, 2.05) is 67.8 Å². The molecule has 0 unspecified atom stereocenters. The van der Waals surface area contributed by atoms with Gasteiger partial charge in [-0.05, 0) is 50.6 Å². The molecule has 146 valence electrons. The van der Waals surface area contributed by atoms with E-state index in [1.165, 1.54) is 10.5 Å². The van der Waals surface area contributed by atoms with Gasteiger partial charge < -0.3 is 9.30 Å². The summed E-state index contributed by atoms with van der Waals surface area (Å²) in [5.74, 6) is -0.439. The van der Waals surface area contributed by atoms with Crippen molar-refractivity contribution < 1.29 is 9.53 Å². The van der Waals surface area contributed by atoms with E-state index >= 15 is 0 Å². The average Bonchev–Trinajstić information content (AvgIpc) is 3.01. The highest BCUT2D eigenvalue weighted by Crippen LogP contribution is 2.21. The number of aryl methyl sites for hydroxylation is 2. The van der Waals surface area contributed by atoms with Crippen molar-refractivity contribution in [3.63, 3.8) is 0 Å². The number of carbonyl (C=O) groups excluding carboxylic acids is 1. The minimum atomic E-state index is -0.439. The van der Waals surface area contributed by atoms with Gasteiger partial charge in [0.25, 0.3) is 5.56 Å². The number of para-hydroxylation sites is 1. The number of fused-ring (bicyclic) bond motifs is 1. The van der Waals surface area contributed by atoms with E-state index in [-0.39, 0.29) is 12.2 Å². The van der Waals surface area contributed by atoms with Crippen LogP contribution >= 0.6 is 0 Å². The second-order valence-corrected chi connectivity index (χ2v) is 7.05. The zero-order chi connectivity index (χ0) is 20.5. The fourth-order valence-electron chi connectivity index (χ4n) is 3.49. The standard InChI is InChI=1S/C23H21N3O3/c1-15-9-10-21-24-18(12-22(27)25(21)13-15)14-29-23(28)20-11-16(2)26(17(20)3)19-7-5-4-6-8-19/h4-13H,14H2,1-3H3. The lowest BCUT2D eigenvalue weighted by molar-refractivity contribution is 0.0467. The van der Waals surface area contributed by atoms with E-state index in [0.717, 1.165) is 22.6 Å². The Hall–Kier alpha value is -3.67. The Bertz CT molecular complexity index is 1270. The van der Waals surface area contributed by atoms with Crippen LogP contribution in [0, 0.1) is 20.8 Å². The molecule has 0 aliphatic carbocycles. The Kier molecular flexibility index (Phi) is 4.76. The molecule has 1 aromatic carbocycles. The molecule has 0 aliphatic rings. The first-order valence-electron chi connectivity index (χ1n) is 9.34. The van der Waals surface area contributed by atoms with Crippen molar-refractivity contribution in [1.29, 1.82) is 0 Å². The highest BCUT2D eigenvalue weighted by Gasteiger charge is 2.18. The largest absolute Gasteiger partial charge is 0.456 e. The molecule has 0 saturated heterocycles. The number of nitrogens with zero attached hydrogens (tertiary/aromatic N) is 3. The lowest BCUT2D eigenvalue weighted by Crippen LogP contribution is -2.17. The summed E-state index contributed by atoms with van der Waals surface area (Å²) in [4.78, 5) is 29.4. The third-order valence-corrected chi connectivity index (χ3v) is 4.88. The summed E-state index contributed by atoms with van der Waals surface area (Å²) >= 11 is 0. The number of rotatable bonds is 4.